The zero-order valence-electron chi connectivity index (χ0n) is 8.81. The molecule has 0 aromatic heterocycles. The molecule has 0 radical (unpaired) electrons. The number of carboxylic acid groups (broad SMARTS) is 2. The van der Waals surface area contributed by atoms with E-state index in [9.17, 15) is 14.2 Å². The molecule has 1 heterocycles. The molecule has 0 saturated carbocycles. The summed E-state index contributed by atoms with van der Waals surface area (Å²) >= 11 is 0. The van der Waals surface area contributed by atoms with Crippen LogP contribution < -0.4 is 5.32 Å². The highest BCUT2D eigenvalue weighted by Gasteiger charge is 2.49. The van der Waals surface area contributed by atoms with Crippen LogP contribution in [0.1, 0.15) is 12.8 Å². The van der Waals surface area contributed by atoms with Crippen LogP contribution in [0.2, 0.25) is 0 Å². The Labute approximate surface area is 96.8 Å². The second kappa shape index (κ2) is 5.14. The number of nitrogens with one attached hydrogen (secondary N) is 1. The highest BCUT2D eigenvalue weighted by molar-refractivity contribution is 7.53. The Morgan fingerprint density at radius 3 is 2.12 bits per heavy atom. The van der Waals surface area contributed by atoms with E-state index >= 15 is 0 Å². The summed E-state index contributed by atoms with van der Waals surface area (Å²) in [5.74, 6) is -4.93. The molecule has 0 aromatic rings. The second-order valence-electron chi connectivity index (χ2n) is 3.94. The Kier molecular flexibility index (Phi) is 4.26. The summed E-state index contributed by atoms with van der Waals surface area (Å²) in [5.41, 5.74) is -2.21. The van der Waals surface area contributed by atoms with Crippen LogP contribution in [0.3, 0.4) is 0 Å². The van der Waals surface area contributed by atoms with Crippen molar-refractivity contribution in [1.29, 1.82) is 0 Å². The van der Waals surface area contributed by atoms with Crippen molar-refractivity contribution in [3.8, 4) is 0 Å². The normalized spacial score (nSPS) is 24.2. The number of aliphatic carboxylic acids is 2. The van der Waals surface area contributed by atoms with Crippen LogP contribution in [-0.2, 0) is 14.2 Å². The van der Waals surface area contributed by atoms with E-state index < -0.39 is 37.2 Å². The summed E-state index contributed by atoms with van der Waals surface area (Å²) < 4.78 is 11.1. The summed E-state index contributed by atoms with van der Waals surface area (Å²) in [4.78, 5) is 39.8. The molecule has 0 spiro atoms. The molecule has 17 heavy (non-hydrogen) atoms. The summed E-state index contributed by atoms with van der Waals surface area (Å²) in [7, 11) is -5.01. The van der Waals surface area contributed by atoms with E-state index in [1.54, 1.807) is 0 Å². The lowest BCUT2D eigenvalue weighted by Crippen LogP contribution is -2.46. The van der Waals surface area contributed by atoms with Crippen LogP contribution in [-0.4, -0.2) is 50.2 Å². The van der Waals surface area contributed by atoms with Crippen LogP contribution >= 0.6 is 7.60 Å². The zero-order chi connectivity index (χ0) is 13.2. The van der Waals surface area contributed by atoms with Gasteiger partial charge < -0.3 is 25.3 Å². The first-order valence-electron chi connectivity index (χ1n) is 4.99. The number of carboxylic acids is 2. The van der Waals surface area contributed by atoms with Crippen LogP contribution in [0.25, 0.3) is 0 Å². The average Bonchev–Trinajstić information content (AvgIpc) is 2.62. The van der Waals surface area contributed by atoms with Crippen molar-refractivity contribution >= 4 is 19.5 Å². The molecule has 0 bridgehead atoms. The van der Waals surface area contributed by atoms with Gasteiger partial charge >= 0.3 is 19.5 Å². The average molecular weight is 267 g/mol. The van der Waals surface area contributed by atoms with Gasteiger partial charge in [-0.3, -0.25) is 14.2 Å². The number of hydrogen-bond donors (Lipinski definition) is 5. The molecule has 1 fully saturated rings. The van der Waals surface area contributed by atoms with E-state index in [0.717, 1.165) is 0 Å². The van der Waals surface area contributed by atoms with Crippen LogP contribution in [0, 0.1) is 5.92 Å². The number of hydrogen-bond acceptors (Lipinski definition) is 4. The van der Waals surface area contributed by atoms with Crippen molar-refractivity contribution in [2.24, 2.45) is 5.92 Å². The van der Waals surface area contributed by atoms with Crippen molar-refractivity contribution in [3.63, 3.8) is 0 Å². The molecule has 0 amide bonds. The SMILES string of the molecule is O=C(O)C(C1CCCN1)C(C(=O)O)P(=O)(O)O. The fourth-order valence-corrected chi connectivity index (χ4v) is 3.09. The van der Waals surface area contributed by atoms with Crippen molar-refractivity contribution in [2.45, 2.75) is 24.5 Å². The van der Waals surface area contributed by atoms with Crippen molar-refractivity contribution in [1.82, 2.24) is 5.32 Å². The Morgan fingerprint density at radius 1 is 1.24 bits per heavy atom. The number of carbonyl (C=O) groups is 2. The van der Waals surface area contributed by atoms with Crippen molar-refractivity contribution < 1.29 is 34.2 Å². The maximum absolute atomic E-state index is 11.1. The molecule has 8 nitrogen and oxygen atoms in total. The molecule has 1 aliphatic heterocycles. The maximum Gasteiger partial charge on any atom is 0.340 e. The van der Waals surface area contributed by atoms with E-state index in [2.05, 4.69) is 5.32 Å². The minimum atomic E-state index is -5.01. The van der Waals surface area contributed by atoms with Gasteiger partial charge in [0, 0.05) is 6.04 Å². The topological polar surface area (TPSA) is 144 Å². The molecular formula is C8H14NO7P. The molecule has 3 unspecified atom stereocenters. The standard InChI is InChI=1S/C8H14NO7P/c10-7(11)5(4-2-1-3-9-4)6(8(12)13)17(14,15)16/h4-6,9H,1-3H2,(H,10,11)(H,12,13)(H2,14,15,16). The smallest absolute Gasteiger partial charge is 0.340 e. The fraction of sp³-hybridized carbons (Fsp3) is 0.750. The molecule has 5 N–H and O–H groups in total. The van der Waals surface area contributed by atoms with Gasteiger partial charge in [0.05, 0.1) is 5.92 Å². The first-order valence-corrected chi connectivity index (χ1v) is 6.67. The van der Waals surface area contributed by atoms with Gasteiger partial charge in [-0.2, -0.15) is 0 Å². The predicted molar refractivity (Wildman–Crippen MR) is 55.6 cm³/mol. The molecule has 3 atom stereocenters. The lowest BCUT2D eigenvalue weighted by Gasteiger charge is -2.26. The first-order chi connectivity index (χ1) is 7.75. The van der Waals surface area contributed by atoms with Crippen LogP contribution in [0.4, 0.5) is 0 Å². The van der Waals surface area contributed by atoms with Gasteiger partial charge in [-0.1, -0.05) is 0 Å². The highest BCUT2D eigenvalue weighted by atomic mass is 31.2. The van der Waals surface area contributed by atoms with E-state index in [0.29, 0.717) is 19.4 Å². The molecule has 1 saturated heterocycles. The Balaban J connectivity index is 3.05. The van der Waals surface area contributed by atoms with Crippen LogP contribution in [0.5, 0.6) is 0 Å². The summed E-state index contributed by atoms with van der Waals surface area (Å²) in [6.07, 6.45) is 1.04. The molecule has 98 valence electrons. The van der Waals surface area contributed by atoms with Gasteiger partial charge in [0.2, 0.25) is 0 Å². The van der Waals surface area contributed by atoms with Crippen molar-refractivity contribution in [2.75, 3.05) is 6.54 Å². The second-order valence-corrected chi connectivity index (χ2v) is 5.67. The van der Waals surface area contributed by atoms with Gasteiger partial charge in [-0.25, -0.2) is 0 Å². The highest BCUT2D eigenvalue weighted by Crippen LogP contribution is 2.46. The van der Waals surface area contributed by atoms with Crippen molar-refractivity contribution in [3.05, 3.63) is 0 Å². The summed E-state index contributed by atoms with van der Waals surface area (Å²) in [5, 5.41) is 20.5. The van der Waals surface area contributed by atoms with Crippen LogP contribution in [0.15, 0.2) is 0 Å². The third kappa shape index (κ3) is 3.26. The van der Waals surface area contributed by atoms with Gasteiger partial charge in [0.15, 0.2) is 5.66 Å². The molecule has 0 aromatic carbocycles. The summed E-state index contributed by atoms with van der Waals surface area (Å²) in [6, 6.07) is -0.721. The Hall–Kier alpha value is -0.950. The molecular weight excluding hydrogens is 253 g/mol. The van der Waals surface area contributed by atoms with E-state index in [4.69, 9.17) is 20.0 Å². The summed E-state index contributed by atoms with van der Waals surface area (Å²) in [6.45, 7) is 0.516. The predicted octanol–water partition coefficient (Wildman–Crippen LogP) is -0.930. The molecule has 9 heteroatoms. The monoisotopic (exact) mass is 267 g/mol. The van der Waals surface area contributed by atoms with E-state index in [-0.39, 0.29) is 0 Å². The molecule has 1 aliphatic rings. The zero-order valence-corrected chi connectivity index (χ0v) is 9.71. The largest absolute Gasteiger partial charge is 0.481 e. The maximum atomic E-state index is 11.1. The lowest BCUT2D eigenvalue weighted by molar-refractivity contribution is -0.149. The van der Waals surface area contributed by atoms with E-state index in [1.807, 2.05) is 0 Å². The lowest BCUT2D eigenvalue weighted by atomic mass is 9.94. The minimum Gasteiger partial charge on any atom is -0.481 e. The third-order valence-corrected chi connectivity index (χ3v) is 4.04. The fourth-order valence-electron chi connectivity index (χ4n) is 2.05. The van der Waals surface area contributed by atoms with Gasteiger partial charge in [-0.15, -0.1) is 0 Å². The quantitative estimate of drug-likeness (QED) is 0.402. The first kappa shape index (κ1) is 14.1. The van der Waals surface area contributed by atoms with Gasteiger partial charge in [0.1, 0.15) is 0 Å². The number of rotatable bonds is 5. The van der Waals surface area contributed by atoms with Gasteiger partial charge in [-0.05, 0) is 19.4 Å². The Morgan fingerprint density at radius 2 is 1.82 bits per heavy atom. The van der Waals surface area contributed by atoms with E-state index in [1.165, 1.54) is 0 Å². The molecule has 1 rings (SSSR count). The third-order valence-electron chi connectivity index (χ3n) is 2.77. The molecule has 0 aliphatic carbocycles. The van der Waals surface area contributed by atoms with Gasteiger partial charge in [0.25, 0.3) is 0 Å². The minimum absolute atomic E-state index is 0.390. The Bertz CT molecular complexity index is 359.